The number of rotatable bonds is 6. The van der Waals surface area contributed by atoms with Crippen molar-refractivity contribution >= 4 is 0 Å². The Balaban J connectivity index is 1.22. The van der Waals surface area contributed by atoms with E-state index in [4.69, 9.17) is 23.4 Å². The van der Waals surface area contributed by atoms with Crippen LogP contribution in [-0.4, -0.2) is 73.3 Å². The Morgan fingerprint density at radius 3 is 2.74 bits per heavy atom. The quantitative estimate of drug-likeness (QED) is 0.745. The summed E-state index contributed by atoms with van der Waals surface area (Å²) in [6.07, 6.45) is 3.59. The van der Waals surface area contributed by atoms with Crippen molar-refractivity contribution in [3.63, 3.8) is 0 Å². The molecule has 2 aromatic rings. The van der Waals surface area contributed by atoms with Gasteiger partial charge in [-0.3, -0.25) is 9.80 Å². The molecule has 1 aromatic heterocycles. The average molecular weight is 428 g/mol. The first-order valence-corrected chi connectivity index (χ1v) is 10.9. The van der Waals surface area contributed by atoms with Gasteiger partial charge in [-0.05, 0) is 23.8 Å². The number of ether oxygens (including phenoxy) is 4. The zero-order valence-corrected chi connectivity index (χ0v) is 17.7. The molecule has 8 nitrogen and oxygen atoms in total. The molecule has 4 aliphatic heterocycles. The molecule has 8 heteroatoms. The highest BCUT2D eigenvalue weighted by molar-refractivity contribution is 5.55. The lowest BCUT2D eigenvalue weighted by atomic mass is 9.83. The van der Waals surface area contributed by atoms with Crippen LogP contribution in [0.15, 0.2) is 35.1 Å². The van der Waals surface area contributed by atoms with Crippen LogP contribution < -0.4 is 14.2 Å². The second kappa shape index (κ2) is 7.41. The summed E-state index contributed by atoms with van der Waals surface area (Å²) in [5.41, 5.74) is 2.07. The van der Waals surface area contributed by atoms with Crippen LogP contribution in [0.5, 0.6) is 17.2 Å². The van der Waals surface area contributed by atoms with Gasteiger partial charge in [-0.15, -0.1) is 0 Å². The summed E-state index contributed by atoms with van der Waals surface area (Å²) in [7, 11) is 1.65. The number of morpholine rings is 1. The van der Waals surface area contributed by atoms with E-state index in [1.54, 1.807) is 19.6 Å². The van der Waals surface area contributed by atoms with Gasteiger partial charge >= 0.3 is 0 Å². The summed E-state index contributed by atoms with van der Waals surface area (Å²) >= 11 is 0. The summed E-state index contributed by atoms with van der Waals surface area (Å²) in [4.78, 5) is 4.89. The van der Waals surface area contributed by atoms with Crippen LogP contribution in [-0.2, 0) is 17.8 Å². The third-order valence-electron chi connectivity index (χ3n) is 7.25. The van der Waals surface area contributed by atoms with Gasteiger partial charge < -0.3 is 28.5 Å². The lowest BCUT2D eigenvalue weighted by Crippen LogP contribution is -2.53. The van der Waals surface area contributed by atoms with Crippen molar-refractivity contribution in [2.75, 3.05) is 46.7 Å². The zero-order valence-electron chi connectivity index (χ0n) is 17.7. The number of furan rings is 1. The molecule has 0 radical (unpaired) electrons. The maximum absolute atomic E-state index is 10.2. The van der Waals surface area contributed by atoms with Gasteiger partial charge in [0.15, 0.2) is 11.5 Å². The second-order valence-electron chi connectivity index (χ2n) is 9.18. The molecule has 1 aromatic carbocycles. The molecule has 31 heavy (non-hydrogen) atoms. The van der Waals surface area contributed by atoms with Crippen molar-refractivity contribution in [3.8, 4) is 17.2 Å². The summed E-state index contributed by atoms with van der Waals surface area (Å²) < 4.78 is 28.5. The van der Waals surface area contributed by atoms with Crippen molar-refractivity contribution < 1.29 is 28.5 Å². The van der Waals surface area contributed by atoms with E-state index >= 15 is 0 Å². The lowest BCUT2D eigenvalue weighted by molar-refractivity contribution is -0.120. The van der Waals surface area contributed by atoms with E-state index in [1.807, 2.05) is 18.2 Å². The van der Waals surface area contributed by atoms with E-state index in [0.29, 0.717) is 17.4 Å². The third-order valence-corrected chi connectivity index (χ3v) is 7.25. The smallest absolute Gasteiger partial charge is 0.231 e. The Bertz CT molecular complexity index is 950. The van der Waals surface area contributed by atoms with E-state index in [9.17, 15) is 5.11 Å². The predicted octanol–water partition coefficient (Wildman–Crippen LogP) is 1.71. The van der Waals surface area contributed by atoms with Gasteiger partial charge in [0, 0.05) is 63.3 Å². The normalized spacial score (nSPS) is 31.9. The van der Waals surface area contributed by atoms with Crippen LogP contribution >= 0.6 is 0 Å². The van der Waals surface area contributed by atoms with Crippen LogP contribution in [0.4, 0.5) is 0 Å². The third kappa shape index (κ3) is 3.20. The van der Waals surface area contributed by atoms with Crippen LogP contribution in [0.1, 0.15) is 11.1 Å². The Labute approximate surface area is 181 Å². The summed E-state index contributed by atoms with van der Waals surface area (Å²) in [6, 6.07) is 6.09. The summed E-state index contributed by atoms with van der Waals surface area (Å²) in [5.74, 6) is 2.63. The van der Waals surface area contributed by atoms with Gasteiger partial charge in [0.1, 0.15) is 0 Å². The Morgan fingerprint density at radius 2 is 1.97 bits per heavy atom. The van der Waals surface area contributed by atoms with Crippen molar-refractivity contribution in [3.05, 3.63) is 41.9 Å². The number of fused-ring (bicyclic) bond motifs is 2. The standard InChI is InChI=1S/C23H28N2O6/c1-27-19-4-16(5-20-22(19)30-14-29-20)7-25-9-21-17(10-26)18-8-24(6-15-2-3-28-11-15)12-23(18,13-25)31-21/h2-5,11,17-18,21,26H,6-10,12-14H2,1H3/t17-,18+,21+,23-/m0/s1. The van der Waals surface area contributed by atoms with Gasteiger partial charge in [-0.25, -0.2) is 0 Å². The second-order valence-corrected chi connectivity index (χ2v) is 9.18. The Morgan fingerprint density at radius 1 is 1.13 bits per heavy atom. The van der Waals surface area contributed by atoms with Gasteiger partial charge in [0.25, 0.3) is 0 Å². The molecule has 4 atom stereocenters. The minimum absolute atomic E-state index is 0.0655. The maximum Gasteiger partial charge on any atom is 0.231 e. The first kappa shape index (κ1) is 19.4. The van der Waals surface area contributed by atoms with E-state index in [1.165, 1.54) is 5.56 Å². The van der Waals surface area contributed by atoms with Gasteiger partial charge in [0.05, 0.1) is 31.3 Å². The van der Waals surface area contributed by atoms with Crippen molar-refractivity contribution in [1.82, 2.24) is 9.80 Å². The predicted molar refractivity (Wildman–Crippen MR) is 110 cm³/mol. The molecule has 0 unspecified atom stereocenters. The first-order valence-electron chi connectivity index (χ1n) is 10.9. The van der Waals surface area contributed by atoms with Gasteiger partial charge in [-0.1, -0.05) is 0 Å². The van der Waals surface area contributed by atoms with Crippen molar-refractivity contribution in [1.29, 1.82) is 0 Å². The van der Waals surface area contributed by atoms with Crippen LogP contribution in [0.3, 0.4) is 0 Å². The summed E-state index contributed by atoms with van der Waals surface area (Å²) in [5, 5.41) is 10.2. The van der Waals surface area contributed by atoms with E-state index < -0.39 is 0 Å². The molecule has 4 aliphatic rings. The Kier molecular flexibility index (Phi) is 4.64. The van der Waals surface area contributed by atoms with Crippen LogP contribution in [0.2, 0.25) is 0 Å². The molecule has 0 saturated carbocycles. The fraction of sp³-hybridized carbons (Fsp3) is 0.565. The number of aliphatic hydroxyl groups is 1. The van der Waals surface area contributed by atoms with Gasteiger partial charge in [0.2, 0.25) is 12.5 Å². The highest BCUT2D eigenvalue weighted by atomic mass is 16.7. The van der Waals surface area contributed by atoms with Crippen LogP contribution in [0.25, 0.3) is 0 Å². The van der Waals surface area contributed by atoms with Crippen LogP contribution in [0, 0.1) is 11.8 Å². The molecule has 1 N–H and O–H groups in total. The van der Waals surface area contributed by atoms with E-state index in [-0.39, 0.29) is 31.0 Å². The maximum atomic E-state index is 10.2. The number of methoxy groups -OCH3 is 1. The number of hydrogen-bond acceptors (Lipinski definition) is 8. The largest absolute Gasteiger partial charge is 0.493 e. The average Bonchev–Trinajstić information content (AvgIpc) is 3.52. The van der Waals surface area contributed by atoms with Crippen molar-refractivity contribution in [2.24, 2.45) is 11.8 Å². The van der Waals surface area contributed by atoms with E-state index in [2.05, 4.69) is 9.80 Å². The molecule has 2 bridgehead atoms. The molecule has 1 spiro atoms. The van der Waals surface area contributed by atoms with Crippen molar-refractivity contribution in [2.45, 2.75) is 24.8 Å². The zero-order chi connectivity index (χ0) is 21.0. The number of hydrogen-bond donors (Lipinski definition) is 1. The molecule has 5 heterocycles. The fourth-order valence-electron chi connectivity index (χ4n) is 6.04. The number of likely N-dealkylation sites (tertiary alicyclic amines) is 2. The lowest BCUT2D eigenvalue weighted by Gasteiger charge is -2.40. The SMILES string of the molecule is COc1cc(CN2C[C@H]3O[C@@]4(CN(Cc5ccoc5)C[C@@H]4[C@@H]3CO)C2)cc2c1OCO2. The highest BCUT2D eigenvalue weighted by Gasteiger charge is 2.61. The summed E-state index contributed by atoms with van der Waals surface area (Å²) in [6.45, 7) is 5.51. The number of aliphatic hydroxyl groups excluding tert-OH is 1. The number of nitrogens with zero attached hydrogens (tertiary/aromatic N) is 2. The monoisotopic (exact) mass is 428 g/mol. The first-order chi connectivity index (χ1) is 15.2. The fourth-order valence-corrected chi connectivity index (χ4v) is 6.04. The highest BCUT2D eigenvalue weighted by Crippen LogP contribution is 2.50. The Hall–Kier alpha value is -2.26. The minimum Gasteiger partial charge on any atom is -0.493 e. The molecule has 3 fully saturated rings. The molecule has 0 aliphatic carbocycles. The molecular formula is C23H28N2O6. The topological polar surface area (TPSA) is 76.8 Å². The molecular weight excluding hydrogens is 400 g/mol. The van der Waals surface area contributed by atoms with Gasteiger partial charge in [-0.2, -0.15) is 0 Å². The number of benzene rings is 1. The molecule has 0 amide bonds. The van der Waals surface area contributed by atoms with E-state index in [0.717, 1.165) is 50.6 Å². The molecule has 166 valence electrons. The minimum atomic E-state index is -0.236. The molecule has 6 rings (SSSR count). The molecule has 3 saturated heterocycles.